The van der Waals surface area contributed by atoms with E-state index in [-0.39, 0.29) is 46.1 Å². The molecule has 1 aliphatic rings. The van der Waals surface area contributed by atoms with Gasteiger partial charge in [-0.2, -0.15) is 0 Å². The fourth-order valence-electron chi connectivity index (χ4n) is 6.24. The lowest BCUT2D eigenvalue weighted by atomic mass is 9.78. The van der Waals surface area contributed by atoms with Gasteiger partial charge in [-0.25, -0.2) is 0 Å². The van der Waals surface area contributed by atoms with Gasteiger partial charge in [0.05, 0.1) is 76.0 Å². The summed E-state index contributed by atoms with van der Waals surface area (Å²) in [6.45, 7) is 11.6. The topological polar surface area (TPSA) is 137 Å². The Morgan fingerprint density at radius 2 is 0.846 bits per heavy atom. The number of nitrogens with one attached hydrogen (secondary N) is 3. The number of carbonyl (C=O) groups is 2. The van der Waals surface area contributed by atoms with Crippen LogP contribution in [0.3, 0.4) is 0 Å². The summed E-state index contributed by atoms with van der Waals surface area (Å²) >= 11 is 0. The standard InChI is InChI=1S/C41H57N3O8/c1-40(2,3)51-32(46)24-43-35-37(48-26-29-16-10-7-11-17-29)34(42-22-23-45)38(49-27-30-18-12-8-13-19-30)36(44-25-33(47)52-41(4,5)6)39(35)50-28-31-20-14-9-15-21-31/h7-21,34-39,42-45H,22-28H2,1-6H3/t34?,35-,36+,37-,38+,39?. The normalized spacial score (nSPS) is 22.1. The molecule has 0 aliphatic heterocycles. The van der Waals surface area contributed by atoms with Crippen molar-refractivity contribution in [2.45, 2.75) is 109 Å². The van der Waals surface area contributed by atoms with Crippen LogP contribution in [0.4, 0.5) is 0 Å². The number of aliphatic hydroxyl groups is 1. The summed E-state index contributed by atoms with van der Waals surface area (Å²) in [5.74, 6) is -0.867. The molecule has 1 aliphatic carbocycles. The van der Waals surface area contributed by atoms with Gasteiger partial charge >= 0.3 is 11.9 Å². The molecule has 0 bridgehead atoms. The summed E-state index contributed by atoms with van der Waals surface area (Å²) in [5.41, 5.74) is 1.50. The molecule has 284 valence electrons. The zero-order valence-electron chi connectivity index (χ0n) is 31.4. The minimum Gasteiger partial charge on any atom is -0.459 e. The van der Waals surface area contributed by atoms with Gasteiger partial charge < -0.3 is 34.1 Å². The van der Waals surface area contributed by atoms with E-state index in [1.165, 1.54) is 0 Å². The minimum absolute atomic E-state index is 0.126. The monoisotopic (exact) mass is 719 g/mol. The Bertz CT molecular complexity index is 1390. The second-order valence-electron chi connectivity index (χ2n) is 15.0. The van der Waals surface area contributed by atoms with E-state index in [2.05, 4.69) is 16.0 Å². The molecule has 0 radical (unpaired) electrons. The Morgan fingerprint density at radius 1 is 0.538 bits per heavy atom. The lowest BCUT2D eigenvalue weighted by Gasteiger charge is -2.51. The van der Waals surface area contributed by atoms with Crippen LogP contribution < -0.4 is 16.0 Å². The molecule has 1 saturated carbocycles. The molecule has 3 aromatic rings. The quantitative estimate of drug-likeness (QED) is 0.140. The van der Waals surface area contributed by atoms with Gasteiger partial charge in [0.25, 0.3) is 0 Å². The van der Waals surface area contributed by atoms with E-state index in [1.54, 1.807) is 0 Å². The summed E-state index contributed by atoms with van der Waals surface area (Å²) in [7, 11) is 0. The summed E-state index contributed by atoms with van der Waals surface area (Å²) < 4.78 is 31.7. The van der Waals surface area contributed by atoms with Crippen molar-refractivity contribution in [3.8, 4) is 0 Å². The molecule has 3 aromatic carbocycles. The van der Waals surface area contributed by atoms with Gasteiger partial charge in [0, 0.05) is 6.54 Å². The molecule has 6 atom stereocenters. The molecule has 1 fully saturated rings. The molecular weight excluding hydrogens is 662 g/mol. The lowest BCUT2D eigenvalue weighted by molar-refractivity contribution is -0.170. The Hall–Kier alpha value is -3.68. The maximum absolute atomic E-state index is 13.2. The summed E-state index contributed by atoms with van der Waals surface area (Å²) in [5, 5.41) is 20.4. The molecule has 0 spiro atoms. The van der Waals surface area contributed by atoms with Crippen LogP contribution in [-0.4, -0.2) is 90.9 Å². The Labute approximate surface area is 308 Å². The highest BCUT2D eigenvalue weighted by Crippen LogP contribution is 2.31. The largest absolute Gasteiger partial charge is 0.459 e. The zero-order valence-corrected chi connectivity index (χ0v) is 31.4. The SMILES string of the molecule is CC(C)(C)OC(=O)CN[C@@H]1C(OCc2ccccc2)[C@H](NCC(=O)OC(C)(C)C)[C@H](OCc2ccccc2)C(NCCO)[C@@H]1OCc1ccccc1. The molecule has 0 aromatic heterocycles. The van der Waals surface area contributed by atoms with Gasteiger partial charge in [-0.15, -0.1) is 0 Å². The highest BCUT2D eigenvalue weighted by Gasteiger charge is 2.53. The van der Waals surface area contributed by atoms with Crippen molar-refractivity contribution in [1.82, 2.24) is 16.0 Å². The van der Waals surface area contributed by atoms with Crippen LogP contribution in [0.5, 0.6) is 0 Å². The molecule has 11 heteroatoms. The second-order valence-corrected chi connectivity index (χ2v) is 15.0. The van der Waals surface area contributed by atoms with Crippen LogP contribution >= 0.6 is 0 Å². The van der Waals surface area contributed by atoms with Crippen molar-refractivity contribution in [2.24, 2.45) is 0 Å². The third kappa shape index (κ3) is 13.7. The Morgan fingerprint density at radius 3 is 1.13 bits per heavy atom. The first-order valence-corrected chi connectivity index (χ1v) is 18.0. The van der Waals surface area contributed by atoms with E-state index in [0.717, 1.165) is 16.7 Å². The van der Waals surface area contributed by atoms with Crippen LogP contribution in [-0.2, 0) is 53.1 Å². The average Bonchev–Trinajstić information content (AvgIpc) is 3.10. The predicted molar refractivity (Wildman–Crippen MR) is 199 cm³/mol. The summed E-state index contributed by atoms with van der Waals surface area (Å²) in [6, 6.07) is 27.7. The number of esters is 2. The molecular formula is C41H57N3O8. The van der Waals surface area contributed by atoms with Crippen molar-refractivity contribution in [1.29, 1.82) is 0 Å². The average molecular weight is 720 g/mol. The van der Waals surface area contributed by atoms with E-state index in [4.69, 9.17) is 23.7 Å². The number of aliphatic hydroxyl groups excluding tert-OH is 1. The van der Waals surface area contributed by atoms with Crippen molar-refractivity contribution in [3.63, 3.8) is 0 Å². The molecule has 11 nitrogen and oxygen atoms in total. The van der Waals surface area contributed by atoms with Crippen molar-refractivity contribution >= 4 is 11.9 Å². The van der Waals surface area contributed by atoms with Gasteiger partial charge in [0.15, 0.2) is 0 Å². The Balaban J connectivity index is 1.79. The highest BCUT2D eigenvalue weighted by molar-refractivity contribution is 5.72. The smallest absolute Gasteiger partial charge is 0.320 e. The first kappa shape index (κ1) is 41.1. The van der Waals surface area contributed by atoms with Gasteiger partial charge in [-0.1, -0.05) is 91.0 Å². The predicted octanol–water partition coefficient (Wildman–Crippen LogP) is 4.31. The number of hydrogen-bond donors (Lipinski definition) is 4. The van der Waals surface area contributed by atoms with Crippen molar-refractivity contribution in [2.75, 3.05) is 26.2 Å². The van der Waals surface area contributed by atoms with Crippen LogP contribution in [0.2, 0.25) is 0 Å². The maximum Gasteiger partial charge on any atom is 0.320 e. The number of rotatable bonds is 18. The fraction of sp³-hybridized carbons (Fsp3) is 0.512. The number of benzene rings is 3. The van der Waals surface area contributed by atoms with Crippen LogP contribution in [0, 0.1) is 0 Å². The van der Waals surface area contributed by atoms with Crippen molar-refractivity contribution in [3.05, 3.63) is 108 Å². The molecule has 0 heterocycles. The van der Waals surface area contributed by atoms with Crippen LogP contribution in [0.25, 0.3) is 0 Å². The van der Waals surface area contributed by atoms with Gasteiger partial charge in [-0.05, 0) is 58.2 Å². The van der Waals surface area contributed by atoms with Gasteiger partial charge in [-0.3, -0.25) is 20.2 Å². The molecule has 4 N–H and O–H groups in total. The zero-order chi connectivity index (χ0) is 37.6. The molecule has 2 unspecified atom stereocenters. The first-order chi connectivity index (χ1) is 24.8. The first-order valence-electron chi connectivity index (χ1n) is 18.0. The van der Waals surface area contributed by atoms with Crippen LogP contribution in [0.1, 0.15) is 58.2 Å². The van der Waals surface area contributed by atoms with Crippen molar-refractivity contribution < 1.29 is 38.4 Å². The molecule has 4 rings (SSSR count). The third-order valence-electron chi connectivity index (χ3n) is 8.28. The summed E-state index contributed by atoms with van der Waals surface area (Å²) in [6.07, 6.45) is -1.98. The second kappa shape index (κ2) is 20.0. The van der Waals surface area contributed by atoms with E-state index in [0.29, 0.717) is 0 Å². The van der Waals surface area contributed by atoms with Gasteiger partial charge in [0.2, 0.25) is 0 Å². The number of carbonyl (C=O) groups excluding carboxylic acids is 2. The third-order valence-corrected chi connectivity index (χ3v) is 8.28. The lowest BCUT2D eigenvalue weighted by Crippen LogP contribution is -2.75. The molecule has 0 saturated heterocycles. The minimum atomic E-state index is -0.696. The van der Waals surface area contributed by atoms with E-state index < -0.39 is 59.6 Å². The van der Waals surface area contributed by atoms with Crippen LogP contribution in [0.15, 0.2) is 91.0 Å². The van der Waals surface area contributed by atoms with Gasteiger partial charge in [0.1, 0.15) is 11.2 Å². The number of ether oxygens (including phenoxy) is 5. The fourth-order valence-corrected chi connectivity index (χ4v) is 6.24. The highest BCUT2D eigenvalue weighted by atomic mass is 16.6. The van der Waals surface area contributed by atoms with E-state index in [9.17, 15) is 14.7 Å². The molecule has 0 amide bonds. The van der Waals surface area contributed by atoms with E-state index in [1.807, 2.05) is 133 Å². The van der Waals surface area contributed by atoms with E-state index >= 15 is 0 Å². The maximum atomic E-state index is 13.2. The summed E-state index contributed by atoms with van der Waals surface area (Å²) in [4.78, 5) is 26.3. The molecule has 52 heavy (non-hydrogen) atoms. The Kier molecular flexibility index (Phi) is 15.8. The number of hydrogen-bond acceptors (Lipinski definition) is 11.